The summed E-state index contributed by atoms with van der Waals surface area (Å²) in [5.74, 6) is 0.259. The molecule has 0 bridgehead atoms. The largest absolute Gasteiger partial charge is 0.507 e. The second kappa shape index (κ2) is 7.28. The molecule has 1 heterocycles. The van der Waals surface area contributed by atoms with Gasteiger partial charge in [-0.2, -0.15) is 0 Å². The molecular weight excluding hydrogens is 370 g/mol. The fourth-order valence-corrected chi connectivity index (χ4v) is 4.44. The van der Waals surface area contributed by atoms with Crippen molar-refractivity contribution in [3.63, 3.8) is 0 Å². The van der Waals surface area contributed by atoms with Gasteiger partial charge >= 0.3 is 0 Å². The maximum atomic E-state index is 10.7. The standard InChI is InChI=1S/C26H29N3O/c1-25(2,3)17-26(4,5)18-14-15-24(30)20(16-18)19-10-6-9-13-23(19)29-27-21-11-7-8-12-22(21)28-29/h6-16,30H,17H2,1-5H3. The van der Waals surface area contributed by atoms with E-state index in [0.29, 0.717) is 0 Å². The lowest BCUT2D eigenvalue weighted by Crippen LogP contribution is -2.24. The van der Waals surface area contributed by atoms with Crippen LogP contribution >= 0.6 is 0 Å². The number of para-hydroxylation sites is 1. The highest BCUT2D eigenvalue weighted by molar-refractivity contribution is 5.79. The number of rotatable bonds is 4. The minimum atomic E-state index is -0.0196. The predicted molar refractivity (Wildman–Crippen MR) is 123 cm³/mol. The number of aromatic nitrogens is 3. The molecule has 4 nitrogen and oxygen atoms in total. The molecule has 0 unspecified atom stereocenters. The lowest BCUT2D eigenvalue weighted by molar-refractivity contribution is 0.284. The van der Waals surface area contributed by atoms with Crippen LogP contribution in [0.4, 0.5) is 0 Å². The van der Waals surface area contributed by atoms with E-state index in [2.05, 4.69) is 50.9 Å². The minimum Gasteiger partial charge on any atom is -0.507 e. The molecule has 1 N–H and O–H groups in total. The van der Waals surface area contributed by atoms with Crippen LogP contribution in [0.3, 0.4) is 0 Å². The van der Waals surface area contributed by atoms with Gasteiger partial charge in [0.1, 0.15) is 16.8 Å². The molecule has 0 fully saturated rings. The van der Waals surface area contributed by atoms with Crippen molar-refractivity contribution in [2.75, 3.05) is 0 Å². The monoisotopic (exact) mass is 399 g/mol. The maximum absolute atomic E-state index is 10.7. The molecule has 0 aliphatic rings. The van der Waals surface area contributed by atoms with Crippen LogP contribution < -0.4 is 0 Å². The molecule has 4 heteroatoms. The first-order chi connectivity index (χ1) is 14.1. The van der Waals surface area contributed by atoms with Crippen molar-refractivity contribution in [2.45, 2.75) is 46.5 Å². The number of hydrogen-bond donors (Lipinski definition) is 1. The summed E-state index contributed by atoms with van der Waals surface area (Å²) in [4.78, 5) is 1.66. The fraction of sp³-hybridized carbons (Fsp3) is 0.308. The van der Waals surface area contributed by atoms with Crippen molar-refractivity contribution in [3.05, 3.63) is 72.3 Å². The van der Waals surface area contributed by atoms with Gasteiger partial charge in [0.25, 0.3) is 0 Å². The van der Waals surface area contributed by atoms with E-state index in [1.165, 1.54) is 5.56 Å². The summed E-state index contributed by atoms with van der Waals surface area (Å²) in [7, 11) is 0. The zero-order valence-electron chi connectivity index (χ0n) is 18.3. The number of aromatic hydroxyl groups is 1. The Labute approximate surface area is 178 Å². The number of benzene rings is 3. The number of phenolic OH excluding ortho intramolecular Hbond substituents is 1. The first-order valence-corrected chi connectivity index (χ1v) is 10.4. The van der Waals surface area contributed by atoms with E-state index >= 15 is 0 Å². The lowest BCUT2D eigenvalue weighted by atomic mass is 9.72. The van der Waals surface area contributed by atoms with Gasteiger partial charge in [-0.3, -0.25) is 0 Å². The van der Waals surface area contributed by atoms with Crippen LogP contribution in [0.5, 0.6) is 5.75 Å². The third-order valence-corrected chi connectivity index (χ3v) is 5.45. The van der Waals surface area contributed by atoms with Gasteiger partial charge in [-0.05, 0) is 53.1 Å². The molecule has 0 saturated carbocycles. The van der Waals surface area contributed by atoms with Crippen molar-refractivity contribution in [1.29, 1.82) is 0 Å². The molecule has 1 aromatic heterocycles. The summed E-state index contributed by atoms with van der Waals surface area (Å²) in [5.41, 5.74) is 5.63. The normalized spacial score (nSPS) is 12.4. The van der Waals surface area contributed by atoms with Crippen LogP contribution in [-0.4, -0.2) is 20.1 Å². The summed E-state index contributed by atoms with van der Waals surface area (Å²) in [6.45, 7) is 11.3. The summed E-state index contributed by atoms with van der Waals surface area (Å²) < 4.78 is 0. The Morgan fingerprint density at radius 3 is 2.00 bits per heavy atom. The van der Waals surface area contributed by atoms with Gasteiger partial charge in [-0.15, -0.1) is 15.0 Å². The highest BCUT2D eigenvalue weighted by atomic mass is 16.3. The van der Waals surface area contributed by atoms with Crippen LogP contribution in [0.15, 0.2) is 66.7 Å². The zero-order chi connectivity index (χ0) is 21.5. The molecule has 0 atom stereocenters. The van der Waals surface area contributed by atoms with E-state index in [1.54, 1.807) is 10.9 Å². The van der Waals surface area contributed by atoms with Crippen molar-refractivity contribution in [2.24, 2.45) is 5.41 Å². The maximum Gasteiger partial charge on any atom is 0.123 e. The smallest absolute Gasteiger partial charge is 0.123 e. The zero-order valence-corrected chi connectivity index (χ0v) is 18.3. The fourth-order valence-electron chi connectivity index (χ4n) is 4.44. The van der Waals surface area contributed by atoms with E-state index in [0.717, 1.165) is 34.3 Å². The quantitative estimate of drug-likeness (QED) is 0.426. The van der Waals surface area contributed by atoms with Crippen molar-refractivity contribution in [1.82, 2.24) is 15.0 Å². The van der Waals surface area contributed by atoms with Gasteiger partial charge in [0.05, 0.1) is 5.69 Å². The van der Waals surface area contributed by atoms with E-state index in [4.69, 9.17) is 0 Å². The number of nitrogens with zero attached hydrogens (tertiary/aromatic N) is 3. The van der Waals surface area contributed by atoms with E-state index in [-0.39, 0.29) is 16.6 Å². The third-order valence-electron chi connectivity index (χ3n) is 5.45. The van der Waals surface area contributed by atoms with Gasteiger partial charge in [-0.25, -0.2) is 0 Å². The molecule has 0 aliphatic carbocycles. The van der Waals surface area contributed by atoms with Crippen LogP contribution in [-0.2, 0) is 5.41 Å². The average molecular weight is 400 g/mol. The SMILES string of the molecule is CC(C)(C)CC(C)(C)c1ccc(O)c(-c2ccccc2-n2nc3ccccc3n2)c1. The Hall–Kier alpha value is -3.14. The lowest BCUT2D eigenvalue weighted by Gasteiger charge is -2.33. The van der Waals surface area contributed by atoms with Crippen molar-refractivity contribution >= 4 is 11.0 Å². The van der Waals surface area contributed by atoms with Gasteiger partial charge in [0.2, 0.25) is 0 Å². The molecule has 4 aromatic rings. The van der Waals surface area contributed by atoms with Crippen LogP contribution in [0.25, 0.3) is 27.8 Å². The molecule has 3 aromatic carbocycles. The Kier molecular flexibility index (Phi) is 4.89. The summed E-state index contributed by atoms with van der Waals surface area (Å²) >= 11 is 0. The van der Waals surface area contributed by atoms with Crippen LogP contribution in [0.2, 0.25) is 0 Å². The minimum absolute atomic E-state index is 0.0196. The summed E-state index contributed by atoms with van der Waals surface area (Å²) in [6, 6.07) is 21.7. The second-order valence-corrected chi connectivity index (χ2v) is 9.85. The second-order valence-electron chi connectivity index (χ2n) is 9.85. The number of phenols is 1. The van der Waals surface area contributed by atoms with E-state index < -0.39 is 0 Å². The van der Waals surface area contributed by atoms with Crippen molar-refractivity contribution in [3.8, 4) is 22.6 Å². The van der Waals surface area contributed by atoms with Gasteiger partial charge in [0, 0.05) is 11.1 Å². The van der Waals surface area contributed by atoms with Gasteiger partial charge in [0.15, 0.2) is 0 Å². The summed E-state index contributed by atoms with van der Waals surface area (Å²) in [5, 5.41) is 20.0. The van der Waals surface area contributed by atoms with E-state index in [9.17, 15) is 5.11 Å². The molecule has 0 amide bonds. The molecule has 30 heavy (non-hydrogen) atoms. The number of fused-ring (bicyclic) bond motifs is 1. The Morgan fingerprint density at radius 1 is 0.767 bits per heavy atom. The highest BCUT2D eigenvalue weighted by Crippen LogP contribution is 2.41. The molecule has 0 spiro atoms. The van der Waals surface area contributed by atoms with Crippen molar-refractivity contribution < 1.29 is 5.11 Å². The predicted octanol–water partition coefficient (Wildman–Crippen LogP) is 6.51. The Bertz CT molecular complexity index is 1170. The topological polar surface area (TPSA) is 50.9 Å². The van der Waals surface area contributed by atoms with Gasteiger partial charge < -0.3 is 5.11 Å². The van der Waals surface area contributed by atoms with Gasteiger partial charge in [-0.1, -0.05) is 71.0 Å². The molecule has 154 valence electrons. The molecule has 0 saturated heterocycles. The number of hydrogen-bond acceptors (Lipinski definition) is 3. The third kappa shape index (κ3) is 3.95. The first kappa shape index (κ1) is 20.1. The van der Waals surface area contributed by atoms with E-state index in [1.807, 2.05) is 54.6 Å². The molecule has 0 radical (unpaired) electrons. The average Bonchev–Trinajstić information content (AvgIpc) is 3.10. The van der Waals surface area contributed by atoms with Crippen LogP contribution in [0.1, 0.15) is 46.6 Å². The first-order valence-electron chi connectivity index (χ1n) is 10.4. The molecular formula is C26H29N3O. The summed E-state index contributed by atoms with van der Waals surface area (Å²) in [6.07, 6.45) is 1.04. The Balaban J connectivity index is 1.84. The Morgan fingerprint density at radius 2 is 1.37 bits per heavy atom. The highest BCUT2D eigenvalue weighted by Gasteiger charge is 2.28. The molecule has 4 rings (SSSR count). The molecule has 0 aliphatic heterocycles. The van der Waals surface area contributed by atoms with Crippen LogP contribution in [0, 0.1) is 5.41 Å².